The van der Waals surface area contributed by atoms with Gasteiger partial charge in [-0.1, -0.05) is 49.7 Å². The Morgan fingerprint density at radius 2 is 1.90 bits per heavy atom. The predicted molar refractivity (Wildman–Crippen MR) is 90.4 cm³/mol. The van der Waals surface area contributed by atoms with E-state index in [9.17, 15) is 4.39 Å². The second kappa shape index (κ2) is 7.39. The van der Waals surface area contributed by atoms with Crippen molar-refractivity contribution in [3.05, 3.63) is 68.4 Å². The van der Waals surface area contributed by atoms with Gasteiger partial charge in [-0.15, -0.1) is 0 Å². The van der Waals surface area contributed by atoms with Gasteiger partial charge < -0.3 is 5.32 Å². The Labute approximate surface area is 138 Å². The summed E-state index contributed by atoms with van der Waals surface area (Å²) in [7, 11) is 0. The Kier molecular flexibility index (Phi) is 5.80. The molecule has 0 fully saturated rings. The molecule has 112 valence electrons. The molecule has 0 radical (unpaired) electrons. The molecule has 0 aliphatic heterocycles. The average Bonchev–Trinajstić information content (AvgIpc) is 2.49. The SMILES string of the molecule is CCNC(c1cc(Cl)c(Br)cc1F)c1ccccc1CC. The van der Waals surface area contributed by atoms with E-state index in [-0.39, 0.29) is 11.9 Å². The number of rotatable bonds is 5. The molecule has 2 aromatic carbocycles. The van der Waals surface area contributed by atoms with Crippen molar-refractivity contribution in [2.24, 2.45) is 0 Å². The molecule has 21 heavy (non-hydrogen) atoms. The highest BCUT2D eigenvalue weighted by atomic mass is 79.9. The Balaban J connectivity index is 2.56. The monoisotopic (exact) mass is 369 g/mol. The maximum Gasteiger partial charge on any atom is 0.129 e. The largest absolute Gasteiger partial charge is 0.306 e. The van der Waals surface area contributed by atoms with Crippen molar-refractivity contribution in [3.8, 4) is 0 Å². The molecule has 2 aromatic rings. The van der Waals surface area contributed by atoms with Crippen molar-refractivity contribution >= 4 is 27.5 Å². The lowest BCUT2D eigenvalue weighted by molar-refractivity contribution is 0.556. The number of halogens is 3. The minimum absolute atomic E-state index is 0.197. The van der Waals surface area contributed by atoms with Crippen molar-refractivity contribution < 1.29 is 4.39 Å². The van der Waals surface area contributed by atoms with Gasteiger partial charge in [0.2, 0.25) is 0 Å². The summed E-state index contributed by atoms with van der Waals surface area (Å²) in [4.78, 5) is 0. The molecule has 4 heteroatoms. The minimum atomic E-state index is -0.261. The summed E-state index contributed by atoms with van der Waals surface area (Å²) < 4.78 is 15.0. The highest BCUT2D eigenvalue weighted by Gasteiger charge is 2.20. The van der Waals surface area contributed by atoms with E-state index in [1.54, 1.807) is 6.07 Å². The third-order valence-electron chi connectivity index (χ3n) is 3.51. The lowest BCUT2D eigenvalue weighted by Gasteiger charge is -2.22. The van der Waals surface area contributed by atoms with Crippen molar-refractivity contribution in [2.45, 2.75) is 26.3 Å². The van der Waals surface area contributed by atoms with E-state index in [4.69, 9.17) is 11.6 Å². The van der Waals surface area contributed by atoms with Crippen LogP contribution in [0.3, 0.4) is 0 Å². The summed E-state index contributed by atoms with van der Waals surface area (Å²) in [6.07, 6.45) is 0.907. The van der Waals surface area contributed by atoms with Crippen LogP contribution < -0.4 is 5.32 Å². The first kappa shape index (κ1) is 16.5. The fourth-order valence-electron chi connectivity index (χ4n) is 2.49. The van der Waals surface area contributed by atoms with Gasteiger partial charge >= 0.3 is 0 Å². The molecule has 0 heterocycles. The van der Waals surface area contributed by atoms with Crippen LogP contribution in [0.4, 0.5) is 4.39 Å². The van der Waals surface area contributed by atoms with Gasteiger partial charge in [-0.2, -0.15) is 0 Å². The Hall–Kier alpha value is -0.900. The Morgan fingerprint density at radius 3 is 2.57 bits per heavy atom. The van der Waals surface area contributed by atoms with E-state index in [1.165, 1.54) is 11.6 Å². The number of hydrogen-bond acceptors (Lipinski definition) is 1. The summed E-state index contributed by atoms with van der Waals surface area (Å²) in [6.45, 7) is 4.86. The maximum absolute atomic E-state index is 14.4. The molecule has 1 atom stereocenters. The first-order chi connectivity index (χ1) is 10.1. The first-order valence-electron chi connectivity index (χ1n) is 7.04. The number of hydrogen-bond donors (Lipinski definition) is 1. The highest BCUT2D eigenvalue weighted by molar-refractivity contribution is 9.10. The number of benzene rings is 2. The van der Waals surface area contributed by atoms with Crippen LogP contribution in [-0.4, -0.2) is 6.54 Å². The van der Waals surface area contributed by atoms with Crippen molar-refractivity contribution in [1.29, 1.82) is 0 Å². The summed E-state index contributed by atoms with van der Waals surface area (Å²) in [6, 6.07) is 11.0. The molecule has 0 saturated heterocycles. The highest BCUT2D eigenvalue weighted by Crippen LogP contribution is 2.33. The van der Waals surface area contributed by atoms with E-state index in [2.05, 4.69) is 34.2 Å². The lowest BCUT2D eigenvalue weighted by Crippen LogP contribution is -2.24. The van der Waals surface area contributed by atoms with E-state index in [0.717, 1.165) is 18.5 Å². The zero-order valence-corrected chi connectivity index (χ0v) is 14.4. The standard InChI is InChI=1S/C17H18BrClFN/c1-3-11-7-5-6-8-12(11)17(21-4-2)13-9-15(19)14(18)10-16(13)20/h5-10,17,21H,3-4H2,1-2H3. The molecule has 0 bridgehead atoms. The Bertz CT molecular complexity index is 630. The van der Waals surface area contributed by atoms with E-state index in [0.29, 0.717) is 15.1 Å². The van der Waals surface area contributed by atoms with Crippen molar-refractivity contribution in [2.75, 3.05) is 6.54 Å². The molecule has 1 nitrogen and oxygen atoms in total. The van der Waals surface area contributed by atoms with Crippen LogP contribution in [0, 0.1) is 5.82 Å². The molecule has 1 unspecified atom stereocenters. The molecular weight excluding hydrogens is 353 g/mol. The van der Waals surface area contributed by atoms with E-state index < -0.39 is 0 Å². The number of nitrogens with one attached hydrogen (secondary N) is 1. The smallest absolute Gasteiger partial charge is 0.129 e. The molecule has 0 aliphatic rings. The second-order valence-electron chi connectivity index (χ2n) is 4.83. The van der Waals surface area contributed by atoms with Crippen molar-refractivity contribution in [3.63, 3.8) is 0 Å². The third kappa shape index (κ3) is 3.65. The molecule has 0 spiro atoms. The quantitative estimate of drug-likeness (QED) is 0.685. The van der Waals surface area contributed by atoms with Gasteiger partial charge in [0.1, 0.15) is 5.82 Å². The van der Waals surface area contributed by atoms with Crippen LogP contribution in [0.1, 0.15) is 36.6 Å². The summed E-state index contributed by atoms with van der Waals surface area (Å²) in [5, 5.41) is 3.88. The summed E-state index contributed by atoms with van der Waals surface area (Å²) in [5.74, 6) is -0.261. The van der Waals surface area contributed by atoms with Crippen LogP contribution in [0.5, 0.6) is 0 Å². The van der Waals surface area contributed by atoms with E-state index >= 15 is 0 Å². The fourth-order valence-corrected chi connectivity index (χ4v) is 2.98. The second-order valence-corrected chi connectivity index (χ2v) is 6.09. The zero-order valence-electron chi connectivity index (χ0n) is 12.1. The van der Waals surface area contributed by atoms with Gasteiger partial charge in [-0.25, -0.2) is 4.39 Å². The molecule has 0 aliphatic carbocycles. The minimum Gasteiger partial charge on any atom is -0.306 e. The molecule has 0 aromatic heterocycles. The summed E-state index contributed by atoms with van der Waals surface area (Å²) in [5.41, 5.74) is 2.88. The molecular formula is C17H18BrClFN. The topological polar surface area (TPSA) is 12.0 Å². The summed E-state index contributed by atoms with van der Waals surface area (Å²) >= 11 is 9.41. The zero-order chi connectivity index (χ0) is 15.4. The van der Waals surface area contributed by atoms with Crippen LogP contribution >= 0.6 is 27.5 Å². The van der Waals surface area contributed by atoms with Gasteiger partial charge in [0.25, 0.3) is 0 Å². The molecule has 2 rings (SSSR count). The fraction of sp³-hybridized carbons (Fsp3) is 0.294. The van der Waals surface area contributed by atoms with Crippen LogP contribution in [0.2, 0.25) is 5.02 Å². The maximum atomic E-state index is 14.4. The lowest BCUT2D eigenvalue weighted by atomic mass is 9.93. The Morgan fingerprint density at radius 1 is 1.19 bits per heavy atom. The molecule has 0 saturated carbocycles. The van der Waals surface area contributed by atoms with Gasteiger partial charge in [0, 0.05) is 10.0 Å². The predicted octanol–water partition coefficient (Wildman–Crippen LogP) is 5.50. The number of aryl methyl sites for hydroxylation is 1. The van der Waals surface area contributed by atoms with E-state index in [1.807, 2.05) is 25.1 Å². The third-order valence-corrected chi connectivity index (χ3v) is 4.70. The van der Waals surface area contributed by atoms with Crippen molar-refractivity contribution in [1.82, 2.24) is 5.32 Å². The van der Waals surface area contributed by atoms with Gasteiger partial charge in [0.15, 0.2) is 0 Å². The van der Waals surface area contributed by atoms with Gasteiger partial charge in [-0.05, 0) is 52.2 Å². The van der Waals surface area contributed by atoms with Gasteiger partial charge in [0.05, 0.1) is 11.1 Å². The normalized spacial score (nSPS) is 12.4. The van der Waals surface area contributed by atoms with Crippen LogP contribution in [0.25, 0.3) is 0 Å². The van der Waals surface area contributed by atoms with Crippen LogP contribution in [0.15, 0.2) is 40.9 Å². The average molecular weight is 371 g/mol. The van der Waals surface area contributed by atoms with Gasteiger partial charge in [-0.3, -0.25) is 0 Å². The molecule has 0 amide bonds. The van der Waals surface area contributed by atoms with Crippen LogP contribution in [-0.2, 0) is 6.42 Å². The first-order valence-corrected chi connectivity index (χ1v) is 8.21. The molecule has 1 N–H and O–H groups in total.